The number of esters is 1. The Hall–Kier alpha value is -2.07. The molecule has 2 rings (SSSR count). The van der Waals surface area contributed by atoms with E-state index in [1.807, 2.05) is 25.1 Å². The molecule has 1 aromatic heterocycles. The average molecular weight is 291 g/mol. The van der Waals surface area contributed by atoms with Crippen LogP contribution in [0.3, 0.4) is 0 Å². The summed E-state index contributed by atoms with van der Waals surface area (Å²) in [5.74, 6) is -0.374. The average Bonchev–Trinajstić information content (AvgIpc) is 2.45. The Kier molecular flexibility index (Phi) is 4.58. The fourth-order valence-corrected chi connectivity index (χ4v) is 2.10. The lowest BCUT2D eigenvalue weighted by Gasteiger charge is -2.19. The molecular formula is C15H15ClN2O2. The van der Waals surface area contributed by atoms with Crippen molar-refractivity contribution in [3.05, 3.63) is 58.9 Å². The summed E-state index contributed by atoms with van der Waals surface area (Å²) < 4.78 is 4.86. The molecule has 1 heterocycles. The minimum atomic E-state index is -0.618. The molecule has 5 heteroatoms. The number of carbonyl (C=O) groups excluding carboxylic acids is 1. The number of nitrogens with one attached hydrogen (secondary N) is 1. The van der Waals surface area contributed by atoms with Crippen molar-refractivity contribution >= 4 is 23.3 Å². The first-order chi connectivity index (χ1) is 9.61. The van der Waals surface area contributed by atoms with Crippen LogP contribution < -0.4 is 5.32 Å². The fourth-order valence-electron chi connectivity index (χ4n) is 1.90. The van der Waals surface area contributed by atoms with E-state index in [1.165, 1.54) is 7.11 Å². The van der Waals surface area contributed by atoms with E-state index >= 15 is 0 Å². The van der Waals surface area contributed by atoms with Crippen molar-refractivity contribution in [3.63, 3.8) is 0 Å². The fraction of sp³-hybridized carbons (Fsp3) is 0.200. The number of nitrogens with zero attached hydrogens (tertiary/aromatic N) is 1. The van der Waals surface area contributed by atoms with Crippen molar-refractivity contribution < 1.29 is 9.53 Å². The highest BCUT2D eigenvalue weighted by Gasteiger charge is 2.23. The minimum absolute atomic E-state index is 0.374. The molecule has 0 aliphatic rings. The molecule has 0 amide bonds. The van der Waals surface area contributed by atoms with Gasteiger partial charge in [0.25, 0.3) is 0 Å². The number of aryl methyl sites for hydroxylation is 1. The highest BCUT2D eigenvalue weighted by Crippen LogP contribution is 2.24. The number of anilines is 1. The van der Waals surface area contributed by atoms with E-state index in [1.54, 1.807) is 24.5 Å². The van der Waals surface area contributed by atoms with Crippen LogP contribution in [-0.2, 0) is 9.53 Å². The zero-order chi connectivity index (χ0) is 14.5. The number of halogens is 1. The monoisotopic (exact) mass is 290 g/mol. The van der Waals surface area contributed by atoms with Crippen LogP contribution in [-0.4, -0.2) is 18.1 Å². The molecule has 0 fully saturated rings. The van der Waals surface area contributed by atoms with E-state index in [0.29, 0.717) is 5.02 Å². The third-order valence-electron chi connectivity index (χ3n) is 2.96. The van der Waals surface area contributed by atoms with Gasteiger partial charge in [-0.1, -0.05) is 17.7 Å². The van der Waals surface area contributed by atoms with E-state index in [-0.39, 0.29) is 5.97 Å². The second-order valence-electron chi connectivity index (χ2n) is 4.34. The van der Waals surface area contributed by atoms with E-state index in [4.69, 9.17) is 16.3 Å². The second-order valence-corrected chi connectivity index (χ2v) is 4.78. The van der Waals surface area contributed by atoms with Crippen LogP contribution in [0.25, 0.3) is 0 Å². The summed E-state index contributed by atoms with van der Waals surface area (Å²) in [6, 6.07) is 8.42. The molecule has 20 heavy (non-hydrogen) atoms. The molecule has 104 valence electrons. The molecule has 4 nitrogen and oxygen atoms in total. The van der Waals surface area contributed by atoms with Crippen LogP contribution in [0.5, 0.6) is 0 Å². The highest BCUT2D eigenvalue weighted by atomic mass is 35.5. The van der Waals surface area contributed by atoms with Gasteiger partial charge in [-0.3, -0.25) is 4.98 Å². The molecular weight excluding hydrogens is 276 g/mol. The van der Waals surface area contributed by atoms with Crippen LogP contribution in [0.1, 0.15) is 17.2 Å². The predicted octanol–water partition coefficient (Wildman–Crippen LogP) is 3.37. The van der Waals surface area contributed by atoms with E-state index in [0.717, 1.165) is 16.8 Å². The first-order valence-corrected chi connectivity index (χ1v) is 6.50. The maximum absolute atomic E-state index is 12.0. The highest BCUT2D eigenvalue weighted by molar-refractivity contribution is 6.30. The molecule has 2 aromatic rings. The first kappa shape index (κ1) is 14.3. The number of methoxy groups -OCH3 is 1. The third kappa shape index (κ3) is 3.27. The number of rotatable bonds is 4. The number of ether oxygens (including phenoxy) is 1. The van der Waals surface area contributed by atoms with E-state index < -0.39 is 6.04 Å². The van der Waals surface area contributed by atoms with Gasteiger partial charge in [0.15, 0.2) is 6.04 Å². The van der Waals surface area contributed by atoms with Crippen LogP contribution in [0.4, 0.5) is 5.69 Å². The van der Waals surface area contributed by atoms with E-state index in [9.17, 15) is 4.79 Å². The van der Waals surface area contributed by atoms with Gasteiger partial charge in [-0.25, -0.2) is 4.79 Å². The number of pyridine rings is 1. The van der Waals surface area contributed by atoms with Gasteiger partial charge >= 0.3 is 5.97 Å². The molecule has 0 bridgehead atoms. The Morgan fingerprint density at radius 3 is 2.85 bits per heavy atom. The van der Waals surface area contributed by atoms with Gasteiger partial charge in [0.05, 0.1) is 7.11 Å². The SMILES string of the molecule is COC(=O)C(Nc1cccc(Cl)c1)c1cnccc1C. The minimum Gasteiger partial charge on any atom is -0.467 e. The number of hydrogen-bond acceptors (Lipinski definition) is 4. The van der Waals surface area contributed by atoms with Gasteiger partial charge in [-0.2, -0.15) is 0 Å². The van der Waals surface area contributed by atoms with Crippen molar-refractivity contribution in [2.45, 2.75) is 13.0 Å². The van der Waals surface area contributed by atoms with E-state index in [2.05, 4.69) is 10.3 Å². The molecule has 1 N–H and O–H groups in total. The van der Waals surface area contributed by atoms with Crippen molar-refractivity contribution in [2.75, 3.05) is 12.4 Å². The molecule has 1 atom stereocenters. The molecule has 0 radical (unpaired) electrons. The van der Waals surface area contributed by atoms with Gasteiger partial charge < -0.3 is 10.1 Å². The molecule has 0 aliphatic heterocycles. The standard InChI is InChI=1S/C15H15ClN2O2/c1-10-6-7-17-9-13(10)14(15(19)20-2)18-12-5-3-4-11(16)8-12/h3-9,14,18H,1-2H3. The Morgan fingerprint density at radius 2 is 2.20 bits per heavy atom. The molecule has 0 saturated heterocycles. The third-order valence-corrected chi connectivity index (χ3v) is 3.20. The van der Waals surface area contributed by atoms with Gasteiger partial charge in [0.2, 0.25) is 0 Å². The maximum Gasteiger partial charge on any atom is 0.333 e. The quantitative estimate of drug-likeness (QED) is 0.877. The lowest BCUT2D eigenvalue weighted by molar-refractivity contribution is -0.141. The summed E-state index contributed by atoms with van der Waals surface area (Å²) >= 11 is 5.95. The van der Waals surface area contributed by atoms with Gasteiger partial charge in [-0.15, -0.1) is 0 Å². The normalized spacial score (nSPS) is 11.8. The summed E-state index contributed by atoms with van der Waals surface area (Å²) in [7, 11) is 1.36. The predicted molar refractivity (Wildman–Crippen MR) is 78.8 cm³/mol. The number of carbonyl (C=O) groups is 1. The Bertz CT molecular complexity index is 616. The zero-order valence-electron chi connectivity index (χ0n) is 11.3. The Labute approximate surface area is 122 Å². The Morgan fingerprint density at radius 1 is 1.40 bits per heavy atom. The summed E-state index contributed by atoms with van der Waals surface area (Å²) in [5.41, 5.74) is 2.49. The number of benzene rings is 1. The summed E-state index contributed by atoms with van der Waals surface area (Å²) in [6.07, 6.45) is 3.35. The summed E-state index contributed by atoms with van der Waals surface area (Å²) in [5, 5.41) is 3.73. The lowest BCUT2D eigenvalue weighted by atomic mass is 10.0. The van der Waals surface area contributed by atoms with Crippen molar-refractivity contribution in [1.29, 1.82) is 0 Å². The Balaban J connectivity index is 2.34. The van der Waals surface area contributed by atoms with Crippen LogP contribution >= 0.6 is 11.6 Å². The van der Waals surface area contributed by atoms with Crippen molar-refractivity contribution in [1.82, 2.24) is 4.98 Å². The van der Waals surface area contributed by atoms with Crippen molar-refractivity contribution in [3.8, 4) is 0 Å². The first-order valence-electron chi connectivity index (χ1n) is 6.12. The molecule has 0 spiro atoms. The van der Waals surface area contributed by atoms with Gasteiger partial charge in [0.1, 0.15) is 0 Å². The second kappa shape index (κ2) is 6.39. The maximum atomic E-state index is 12.0. The van der Waals surface area contributed by atoms with Crippen LogP contribution in [0.15, 0.2) is 42.7 Å². The summed E-state index contributed by atoms with van der Waals surface area (Å²) in [6.45, 7) is 1.92. The molecule has 0 aliphatic carbocycles. The van der Waals surface area contributed by atoms with Crippen molar-refractivity contribution in [2.24, 2.45) is 0 Å². The molecule has 0 saturated carbocycles. The lowest BCUT2D eigenvalue weighted by Crippen LogP contribution is -2.23. The van der Waals surface area contributed by atoms with Gasteiger partial charge in [0, 0.05) is 28.7 Å². The number of aromatic nitrogens is 1. The molecule has 1 aromatic carbocycles. The summed E-state index contributed by atoms with van der Waals surface area (Å²) in [4.78, 5) is 16.1. The number of hydrogen-bond donors (Lipinski definition) is 1. The van der Waals surface area contributed by atoms with Crippen LogP contribution in [0.2, 0.25) is 5.02 Å². The van der Waals surface area contributed by atoms with Crippen LogP contribution in [0, 0.1) is 6.92 Å². The van der Waals surface area contributed by atoms with Gasteiger partial charge in [-0.05, 0) is 36.8 Å². The smallest absolute Gasteiger partial charge is 0.333 e. The zero-order valence-corrected chi connectivity index (χ0v) is 12.0. The topological polar surface area (TPSA) is 51.2 Å². The molecule has 1 unspecified atom stereocenters. The largest absolute Gasteiger partial charge is 0.467 e.